The van der Waals surface area contributed by atoms with Crippen molar-refractivity contribution in [3.8, 4) is 57.5 Å². The van der Waals surface area contributed by atoms with Crippen molar-refractivity contribution < 1.29 is 110 Å². The molecule has 0 saturated heterocycles. The van der Waals surface area contributed by atoms with E-state index in [9.17, 15) is 62.7 Å². The second-order valence-corrected chi connectivity index (χ2v) is 35.2. The zero-order valence-corrected chi connectivity index (χ0v) is 82.3. The number of imidazole rings is 5. The molecule has 5 heterocycles. The standard InChI is InChI=1S/C23H19ClN2O4.2C23H19FN2O4.C23H20N2O4.C22H16BrFN2O4/c3*1-14-2-4-15(5-3-14)12-29-21-10-16(23(27)28)6-9-20(21)30-13-22-25-18-8-7-17(24)11-19(18)26-22;1-15-6-8-16(9-7-15)13-28-21-12-17(23(26)27)10-11-20(21)29-14-22-24-18-4-2-3-5-19(18)25-22;23-15-7-5-14(16(24)10-15)11-29-20-9-13(22(27)28)6-8-19(20)30-12-21-25-17-3-1-2-4-18(17)26-21/h3*2-11H,12-13H2,1H3,(H,25,26)(H,27,28);2-12H,13-14H2,1H3,(H,24,25)(H,26,27);1-10H,11-12H2,(H,25,26)(H,27,28). The van der Waals surface area contributed by atoms with E-state index in [1.54, 1.807) is 60.7 Å². The summed E-state index contributed by atoms with van der Waals surface area (Å²) in [5.74, 6) is 0.132. The largest absolute Gasteiger partial charge is 0.485 e. The predicted molar refractivity (Wildman–Crippen MR) is 555 cm³/mol. The number of ether oxygens (including phenoxy) is 10. The first-order valence-corrected chi connectivity index (χ1v) is 47.3. The van der Waals surface area contributed by atoms with Gasteiger partial charge in [0.05, 0.1) is 83.0 Å². The summed E-state index contributed by atoms with van der Waals surface area (Å²) in [6.07, 6.45) is 0. The number of aromatic nitrogens is 10. The van der Waals surface area contributed by atoms with Crippen LogP contribution in [0.2, 0.25) is 5.02 Å². The molecule has 0 amide bonds. The topological polar surface area (TPSA) is 422 Å². The SMILES string of the molecule is Cc1ccc(COc2cc(C(=O)O)ccc2OCc2nc3ccc(Cl)cc3[nH]2)cc1.Cc1ccc(COc2cc(C(=O)O)ccc2OCc2nc3ccc(F)cc3[nH]2)cc1.Cc1ccc(COc2cc(C(=O)O)ccc2OCc2nc3ccc(F)cc3[nH]2)cc1.Cc1ccc(COc2cc(C(=O)O)ccc2OCc2nc3ccccc3[nH]2)cc1.O=C(O)c1ccc(OCc2nc3ccccc3[nH]2)c(OCc2ccc(Br)cc2F)c1. The highest BCUT2D eigenvalue weighted by molar-refractivity contribution is 9.10. The number of fused-ring (bicyclic) bond motifs is 5. The summed E-state index contributed by atoms with van der Waals surface area (Å²) in [7, 11) is 0. The molecule has 0 radical (unpaired) electrons. The highest BCUT2D eigenvalue weighted by Crippen LogP contribution is 2.38. The van der Waals surface area contributed by atoms with Gasteiger partial charge in [-0.05, 0) is 232 Å². The fourth-order valence-electron chi connectivity index (χ4n) is 14.7. The van der Waals surface area contributed by atoms with E-state index in [2.05, 4.69) is 65.8 Å². The first-order chi connectivity index (χ1) is 72.0. The van der Waals surface area contributed by atoms with Crippen molar-refractivity contribution in [1.29, 1.82) is 0 Å². The van der Waals surface area contributed by atoms with Gasteiger partial charge in [-0.3, -0.25) is 0 Å². The van der Waals surface area contributed by atoms with Gasteiger partial charge in [0.2, 0.25) is 0 Å². The van der Waals surface area contributed by atoms with Gasteiger partial charge in [-0.25, -0.2) is 62.1 Å². The Kier molecular flexibility index (Phi) is 33.8. The number of hydrogen-bond acceptors (Lipinski definition) is 20. The van der Waals surface area contributed by atoms with Gasteiger partial charge in [-0.15, -0.1) is 0 Å². The highest BCUT2D eigenvalue weighted by atomic mass is 79.9. The summed E-state index contributed by atoms with van der Waals surface area (Å²) in [6, 6.07) is 87.8. The molecule has 30 nitrogen and oxygen atoms in total. The number of rotatable bonds is 35. The minimum atomic E-state index is -1.10. The van der Waals surface area contributed by atoms with E-state index in [0.29, 0.717) is 131 Å². The molecule has 0 fully saturated rings. The van der Waals surface area contributed by atoms with E-state index in [-0.39, 0.29) is 98.1 Å². The fourth-order valence-corrected chi connectivity index (χ4v) is 15.2. The predicted octanol–water partition coefficient (Wildman–Crippen LogP) is 25.2. The molecule has 754 valence electrons. The van der Waals surface area contributed by atoms with Crippen molar-refractivity contribution in [1.82, 2.24) is 49.8 Å². The molecule has 0 atom stereocenters. The van der Waals surface area contributed by atoms with Gasteiger partial charge in [-0.2, -0.15) is 0 Å². The van der Waals surface area contributed by atoms with Gasteiger partial charge in [-0.1, -0.05) is 177 Å². The molecule has 0 bridgehead atoms. The Bertz CT molecular complexity index is 7670. The number of aromatic amines is 5. The van der Waals surface area contributed by atoms with Gasteiger partial charge in [0, 0.05) is 15.1 Å². The summed E-state index contributed by atoms with van der Waals surface area (Å²) in [4.78, 5) is 94.4. The van der Waals surface area contributed by atoms with E-state index in [1.807, 2.05) is 179 Å². The second kappa shape index (κ2) is 48.8. The zero-order valence-electron chi connectivity index (χ0n) is 80.0. The lowest BCUT2D eigenvalue weighted by atomic mass is 10.1. The van der Waals surface area contributed by atoms with Crippen LogP contribution in [-0.4, -0.2) is 105 Å². The van der Waals surface area contributed by atoms with Crippen molar-refractivity contribution >= 4 is 113 Å². The first-order valence-electron chi connectivity index (χ1n) is 46.1. The van der Waals surface area contributed by atoms with E-state index in [0.717, 1.165) is 77.6 Å². The smallest absolute Gasteiger partial charge is 0.335 e. The van der Waals surface area contributed by atoms with E-state index in [4.69, 9.17) is 59.0 Å². The zero-order chi connectivity index (χ0) is 105. The van der Waals surface area contributed by atoms with Gasteiger partial charge in [0.1, 0.15) is 113 Å². The molecule has 0 spiro atoms. The molecule has 0 aliphatic carbocycles. The molecule has 0 aliphatic rings. The minimum Gasteiger partial charge on any atom is -0.485 e. The molecule has 5 aromatic heterocycles. The number of nitrogens with one attached hydrogen (secondary N) is 5. The Labute approximate surface area is 861 Å². The lowest BCUT2D eigenvalue weighted by molar-refractivity contribution is 0.0685. The molecule has 0 unspecified atom stereocenters. The summed E-state index contributed by atoms with van der Waals surface area (Å²) < 4.78 is 99.8. The van der Waals surface area contributed by atoms with Crippen LogP contribution < -0.4 is 47.4 Å². The van der Waals surface area contributed by atoms with Crippen molar-refractivity contribution in [2.45, 2.75) is 93.8 Å². The molecule has 35 heteroatoms. The lowest BCUT2D eigenvalue weighted by Crippen LogP contribution is -2.04. The molecule has 0 saturated carbocycles. The molecule has 149 heavy (non-hydrogen) atoms. The highest BCUT2D eigenvalue weighted by Gasteiger charge is 2.22. The summed E-state index contributed by atoms with van der Waals surface area (Å²) >= 11 is 9.22. The molecule has 0 aliphatic heterocycles. The van der Waals surface area contributed by atoms with Gasteiger partial charge in [0.15, 0.2) is 57.5 Å². The molecule has 10 N–H and O–H groups in total. The molecule has 20 rings (SSSR count). The number of para-hydroxylation sites is 4. The van der Waals surface area contributed by atoms with Gasteiger partial charge >= 0.3 is 29.8 Å². The maximum atomic E-state index is 14.1. The third-order valence-electron chi connectivity index (χ3n) is 22.6. The number of carboxylic acids is 5. The number of carboxylic acid groups (broad SMARTS) is 5. The Morgan fingerprint density at radius 2 is 0.510 bits per heavy atom. The number of aryl methyl sites for hydroxylation is 4. The number of halogens is 5. The monoisotopic (exact) mass is 2090 g/mol. The van der Waals surface area contributed by atoms with Crippen LogP contribution in [0.3, 0.4) is 0 Å². The van der Waals surface area contributed by atoms with Crippen LogP contribution in [0.5, 0.6) is 57.5 Å². The van der Waals surface area contributed by atoms with Crippen LogP contribution in [0.15, 0.2) is 314 Å². The van der Waals surface area contributed by atoms with Crippen LogP contribution in [0.1, 0.15) is 131 Å². The normalized spacial score (nSPS) is 10.9. The molecular weight excluding hydrogens is 2000 g/mol. The molecular formula is C114H93BrClF3N10O20. The Morgan fingerprint density at radius 1 is 0.262 bits per heavy atom. The summed E-state index contributed by atoms with van der Waals surface area (Å²) in [5.41, 5.74) is 16.8. The van der Waals surface area contributed by atoms with Crippen molar-refractivity contribution in [2.24, 2.45) is 0 Å². The van der Waals surface area contributed by atoms with E-state index < -0.39 is 35.7 Å². The third kappa shape index (κ3) is 28.8. The maximum Gasteiger partial charge on any atom is 0.335 e. The third-order valence-corrected chi connectivity index (χ3v) is 23.3. The number of benzene rings is 15. The summed E-state index contributed by atoms with van der Waals surface area (Å²) in [6.45, 7) is 9.77. The average Bonchev–Trinajstić information content (AvgIpc) is 1.24. The van der Waals surface area contributed by atoms with Crippen LogP contribution in [0.4, 0.5) is 13.2 Å². The maximum absolute atomic E-state index is 14.1. The number of nitrogens with zero attached hydrogens (tertiary/aromatic N) is 5. The van der Waals surface area contributed by atoms with Crippen molar-refractivity contribution in [3.63, 3.8) is 0 Å². The van der Waals surface area contributed by atoms with Gasteiger partial charge in [0.25, 0.3) is 0 Å². The Hall–Kier alpha value is -18.4. The molecule has 20 aromatic rings. The quantitative estimate of drug-likeness (QED) is 0.0176. The van der Waals surface area contributed by atoms with Crippen LogP contribution >= 0.6 is 27.5 Å². The number of H-pyrrole nitrogens is 5. The van der Waals surface area contributed by atoms with Gasteiger partial charge < -0.3 is 97.8 Å². The Morgan fingerprint density at radius 3 is 0.785 bits per heavy atom. The van der Waals surface area contributed by atoms with Crippen LogP contribution in [0.25, 0.3) is 55.2 Å². The number of hydrogen-bond donors (Lipinski definition) is 10. The fraction of sp³-hybridized carbons (Fsp3) is 0.123. The second-order valence-electron chi connectivity index (χ2n) is 33.8. The number of aromatic carboxylic acids is 5. The molecule has 15 aromatic carbocycles. The van der Waals surface area contributed by atoms with E-state index >= 15 is 0 Å². The first kappa shape index (κ1) is 103. The summed E-state index contributed by atoms with van der Waals surface area (Å²) in [5, 5.41) is 47.1. The average molecular weight is 2100 g/mol. The van der Waals surface area contributed by atoms with Crippen molar-refractivity contribution in [3.05, 3.63) is 443 Å². The van der Waals surface area contributed by atoms with Crippen LogP contribution in [0, 0.1) is 45.1 Å². The van der Waals surface area contributed by atoms with Crippen molar-refractivity contribution in [2.75, 3.05) is 0 Å². The minimum absolute atomic E-state index is 0.0392. The Balaban J connectivity index is 0.000000133. The number of carbonyl (C=O) groups is 5. The van der Waals surface area contributed by atoms with Crippen LogP contribution in [-0.2, 0) is 66.1 Å². The lowest BCUT2D eigenvalue weighted by Gasteiger charge is -2.13. The van der Waals surface area contributed by atoms with E-state index in [1.165, 1.54) is 97.1 Å².